The molecule has 98 valence electrons. The minimum atomic E-state index is 0.737. The topological polar surface area (TPSA) is 79.6 Å². The van der Waals surface area contributed by atoms with E-state index >= 15 is 0 Å². The molecule has 1 aromatic carbocycles. The zero-order valence-corrected chi connectivity index (χ0v) is 11.4. The molecule has 0 bridgehead atoms. The molecule has 3 rings (SSSR count). The van der Waals surface area contributed by atoms with Crippen LogP contribution in [0.2, 0.25) is 0 Å². The fraction of sp³-hybridized carbons (Fsp3) is 0.231. The third-order valence-corrected chi connectivity index (χ3v) is 3.83. The number of imidazole rings is 1. The molecule has 19 heavy (non-hydrogen) atoms. The van der Waals surface area contributed by atoms with E-state index in [4.69, 9.17) is 5.73 Å². The summed E-state index contributed by atoms with van der Waals surface area (Å²) < 4.78 is 0. The molecule has 0 radical (unpaired) electrons. The number of aryl methyl sites for hydroxylation is 1. The summed E-state index contributed by atoms with van der Waals surface area (Å²) in [4.78, 5) is 12.1. The van der Waals surface area contributed by atoms with Crippen LogP contribution < -0.4 is 11.1 Å². The summed E-state index contributed by atoms with van der Waals surface area (Å²) in [5, 5.41) is 6.48. The molecule has 0 aliphatic rings. The van der Waals surface area contributed by atoms with Crippen molar-refractivity contribution in [1.82, 2.24) is 15.0 Å². The minimum Gasteiger partial charge on any atom is -0.399 e. The van der Waals surface area contributed by atoms with Gasteiger partial charge in [-0.2, -0.15) is 0 Å². The van der Waals surface area contributed by atoms with E-state index in [1.165, 1.54) is 0 Å². The van der Waals surface area contributed by atoms with Crippen molar-refractivity contribution in [2.75, 3.05) is 17.6 Å². The largest absolute Gasteiger partial charge is 0.399 e. The van der Waals surface area contributed by atoms with E-state index < -0.39 is 0 Å². The van der Waals surface area contributed by atoms with Gasteiger partial charge >= 0.3 is 0 Å². The first-order valence-corrected chi connectivity index (χ1v) is 6.99. The Morgan fingerprint density at radius 3 is 3.05 bits per heavy atom. The Morgan fingerprint density at radius 1 is 1.37 bits per heavy atom. The van der Waals surface area contributed by atoms with E-state index in [1.54, 1.807) is 11.3 Å². The molecule has 0 fully saturated rings. The first kappa shape index (κ1) is 12.0. The SMILES string of the molecule is Cc1csc(CCNc2nc3ccc(N)cc3[nH]2)n1. The fourth-order valence-electron chi connectivity index (χ4n) is 1.92. The first-order chi connectivity index (χ1) is 9.20. The maximum atomic E-state index is 5.74. The molecule has 2 aromatic heterocycles. The number of nitrogens with two attached hydrogens (primary N) is 1. The average Bonchev–Trinajstić information content (AvgIpc) is 2.95. The molecule has 3 aromatic rings. The number of aromatic amines is 1. The summed E-state index contributed by atoms with van der Waals surface area (Å²) in [6, 6.07) is 5.65. The second-order valence-electron chi connectivity index (χ2n) is 4.42. The molecule has 2 heterocycles. The van der Waals surface area contributed by atoms with Gasteiger partial charge in [-0.25, -0.2) is 9.97 Å². The Kier molecular flexibility index (Phi) is 3.08. The van der Waals surface area contributed by atoms with Crippen LogP contribution in [0.15, 0.2) is 23.6 Å². The molecule has 0 spiro atoms. The maximum Gasteiger partial charge on any atom is 0.201 e. The molecule has 4 N–H and O–H groups in total. The number of nitrogens with one attached hydrogen (secondary N) is 2. The highest BCUT2D eigenvalue weighted by Crippen LogP contribution is 2.17. The van der Waals surface area contributed by atoms with E-state index in [-0.39, 0.29) is 0 Å². The van der Waals surface area contributed by atoms with Gasteiger partial charge in [-0.1, -0.05) is 0 Å². The van der Waals surface area contributed by atoms with Gasteiger partial charge in [0.2, 0.25) is 5.95 Å². The summed E-state index contributed by atoms with van der Waals surface area (Å²) >= 11 is 1.69. The lowest BCUT2D eigenvalue weighted by molar-refractivity contribution is 0.973. The van der Waals surface area contributed by atoms with Crippen molar-refractivity contribution in [3.63, 3.8) is 0 Å². The Labute approximate surface area is 114 Å². The van der Waals surface area contributed by atoms with Crippen molar-refractivity contribution in [1.29, 1.82) is 0 Å². The zero-order valence-electron chi connectivity index (χ0n) is 10.6. The molecule has 0 unspecified atom stereocenters. The van der Waals surface area contributed by atoms with E-state index in [9.17, 15) is 0 Å². The van der Waals surface area contributed by atoms with Gasteiger partial charge in [0.1, 0.15) is 0 Å². The third kappa shape index (κ3) is 2.68. The summed E-state index contributed by atoms with van der Waals surface area (Å²) in [7, 11) is 0. The van der Waals surface area contributed by atoms with Crippen molar-refractivity contribution in [2.45, 2.75) is 13.3 Å². The highest BCUT2D eigenvalue weighted by atomic mass is 32.1. The summed E-state index contributed by atoms with van der Waals surface area (Å²) in [5.41, 5.74) is 9.43. The molecule has 0 amide bonds. The summed E-state index contributed by atoms with van der Waals surface area (Å²) in [6.07, 6.45) is 0.900. The minimum absolute atomic E-state index is 0.737. The van der Waals surface area contributed by atoms with Crippen molar-refractivity contribution in [3.05, 3.63) is 34.3 Å². The number of fused-ring (bicyclic) bond motifs is 1. The zero-order chi connectivity index (χ0) is 13.2. The molecule has 0 aliphatic heterocycles. The van der Waals surface area contributed by atoms with Gasteiger partial charge in [-0.05, 0) is 25.1 Å². The molecular weight excluding hydrogens is 258 g/mol. The monoisotopic (exact) mass is 273 g/mol. The van der Waals surface area contributed by atoms with Crippen LogP contribution in [0, 0.1) is 6.92 Å². The van der Waals surface area contributed by atoms with Crippen LogP contribution in [0.3, 0.4) is 0 Å². The molecular formula is C13H15N5S. The Bertz CT molecular complexity index is 700. The fourth-order valence-corrected chi connectivity index (χ4v) is 2.69. The van der Waals surface area contributed by atoms with Gasteiger partial charge in [0.15, 0.2) is 0 Å². The van der Waals surface area contributed by atoms with Crippen molar-refractivity contribution in [2.24, 2.45) is 0 Å². The number of benzene rings is 1. The van der Waals surface area contributed by atoms with Crippen LogP contribution >= 0.6 is 11.3 Å². The van der Waals surface area contributed by atoms with Crippen LogP contribution in [0.5, 0.6) is 0 Å². The van der Waals surface area contributed by atoms with E-state index in [0.29, 0.717) is 0 Å². The van der Waals surface area contributed by atoms with E-state index in [0.717, 1.165) is 46.3 Å². The Morgan fingerprint density at radius 2 is 2.26 bits per heavy atom. The van der Waals surface area contributed by atoms with Gasteiger partial charge in [-0.15, -0.1) is 11.3 Å². The van der Waals surface area contributed by atoms with Crippen LogP contribution in [0.4, 0.5) is 11.6 Å². The lowest BCUT2D eigenvalue weighted by Gasteiger charge is -1.99. The Balaban J connectivity index is 1.65. The standard InChI is InChI=1S/C13H15N5S/c1-8-7-19-12(16-8)4-5-15-13-17-10-3-2-9(14)6-11(10)18-13/h2-3,6-7H,4-5,14H2,1H3,(H2,15,17,18). The van der Waals surface area contributed by atoms with Crippen molar-refractivity contribution >= 4 is 34.0 Å². The quantitative estimate of drug-likeness (QED) is 0.638. The van der Waals surface area contributed by atoms with Crippen molar-refractivity contribution < 1.29 is 0 Å². The van der Waals surface area contributed by atoms with E-state index in [2.05, 4.69) is 25.6 Å². The average molecular weight is 273 g/mol. The molecule has 0 saturated carbocycles. The smallest absolute Gasteiger partial charge is 0.201 e. The highest BCUT2D eigenvalue weighted by Gasteiger charge is 2.03. The molecule has 6 heteroatoms. The number of H-pyrrole nitrogens is 1. The third-order valence-electron chi connectivity index (χ3n) is 2.80. The first-order valence-electron chi connectivity index (χ1n) is 6.11. The lowest BCUT2D eigenvalue weighted by Crippen LogP contribution is -2.05. The maximum absolute atomic E-state index is 5.74. The molecule has 0 aliphatic carbocycles. The van der Waals surface area contributed by atoms with E-state index in [1.807, 2.05) is 25.1 Å². The predicted molar refractivity (Wildman–Crippen MR) is 79.6 cm³/mol. The molecule has 0 saturated heterocycles. The van der Waals surface area contributed by atoms with Crippen LogP contribution in [0.1, 0.15) is 10.7 Å². The van der Waals surface area contributed by atoms with Gasteiger partial charge in [0.25, 0.3) is 0 Å². The second kappa shape index (κ2) is 4.89. The van der Waals surface area contributed by atoms with Crippen LogP contribution in [-0.2, 0) is 6.42 Å². The Hall–Kier alpha value is -2.08. The molecule has 5 nitrogen and oxygen atoms in total. The number of thiazole rings is 1. The number of nitrogen functional groups attached to an aromatic ring is 1. The summed E-state index contributed by atoms with van der Waals surface area (Å²) in [6.45, 7) is 2.82. The van der Waals surface area contributed by atoms with Crippen molar-refractivity contribution in [3.8, 4) is 0 Å². The summed E-state index contributed by atoms with van der Waals surface area (Å²) in [5.74, 6) is 0.772. The molecule has 0 atom stereocenters. The number of hydrogen-bond acceptors (Lipinski definition) is 5. The highest BCUT2D eigenvalue weighted by molar-refractivity contribution is 7.09. The van der Waals surface area contributed by atoms with Gasteiger partial charge in [0.05, 0.1) is 16.0 Å². The van der Waals surface area contributed by atoms with Crippen LogP contribution in [-0.4, -0.2) is 21.5 Å². The number of nitrogens with zero attached hydrogens (tertiary/aromatic N) is 2. The van der Waals surface area contributed by atoms with Gasteiger partial charge < -0.3 is 16.0 Å². The normalized spacial score (nSPS) is 11.0. The lowest BCUT2D eigenvalue weighted by atomic mass is 10.3. The number of aromatic nitrogens is 3. The number of hydrogen-bond donors (Lipinski definition) is 3. The van der Waals surface area contributed by atoms with Gasteiger partial charge in [0, 0.05) is 29.7 Å². The second-order valence-corrected chi connectivity index (χ2v) is 5.36. The van der Waals surface area contributed by atoms with Crippen LogP contribution in [0.25, 0.3) is 11.0 Å². The predicted octanol–water partition coefficient (Wildman–Crippen LogP) is 2.56. The number of anilines is 2. The number of rotatable bonds is 4. The van der Waals surface area contributed by atoms with Gasteiger partial charge in [-0.3, -0.25) is 0 Å².